The lowest BCUT2D eigenvalue weighted by Gasteiger charge is -2.13. The summed E-state index contributed by atoms with van der Waals surface area (Å²) in [6.45, 7) is -0.0255. The molecular weight excluding hydrogens is 265 g/mol. The number of hydrogen-bond acceptors (Lipinski definition) is 4. The van der Waals surface area contributed by atoms with Gasteiger partial charge < -0.3 is 20.3 Å². The molecule has 1 aromatic carbocycles. The third-order valence-corrected chi connectivity index (χ3v) is 2.98. The number of carboxylic acids is 1. The van der Waals surface area contributed by atoms with Gasteiger partial charge in [-0.1, -0.05) is 11.6 Å². The standard InChI is InChI=1S/C11H11ClFNO4/c12-9-10(13)5(6(14)1-2-8(15)16)3-7-11(9)18-4-17-7/h3,6H,1-2,4,14H2,(H,15,16). The number of ether oxygens (including phenoxy) is 2. The number of nitrogens with two attached hydrogens (primary N) is 1. The zero-order valence-corrected chi connectivity index (χ0v) is 10.0. The molecule has 0 bridgehead atoms. The van der Waals surface area contributed by atoms with Gasteiger partial charge in [0, 0.05) is 18.0 Å². The zero-order chi connectivity index (χ0) is 13.3. The van der Waals surface area contributed by atoms with Gasteiger partial charge in [-0.25, -0.2) is 4.39 Å². The van der Waals surface area contributed by atoms with Crippen LogP contribution in [0.5, 0.6) is 11.5 Å². The van der Waals surface area contributed by atoms with Crippen molar-refractivity contribution in [2.75, 3.05) is 6.79 Å². The van der Waals surface area contributed by atoms with Crippen LogP contribution in [-0.2, 0) is 4.79 Å². The normalized spacial score (nSPS) is 14.6. The third-order valence-electron chi connectivity index (χ3n) is 2.64. The first-order valence-electron chi connectivity index (χ1n) is 5.25. The molecule has 1 heterocycles. The molecule has 18 heavy (non-hydrogen) atoms. The number of aliphatic carboxylic acids is 1. The van der Waals surface area contributed by atoms with Gasteiger partial charge in [0.15, 0.2) is 17.3 Å². The molecule has 0 spiro atoms. The van der Waals surface area contributed by atoms with Gasteiger partial charge in [0.05, 0.1) is 0 Å². The van der Waals surface area contributed by atoms with E-state index in [0.29, 0.717) is 5.75 Å². The summed E-state index contributed by atoms with van der Waals surface area (Å²) >= 11 is 5.80. The fourth-order valence-electron chi connectivity index (χ4n) is 1.70. The second-order valence-electron chi connectivity index (χ2n) is 3.87. The third kappa shape index (κ3) is 2.34. The highest BCUT2D eigenvalue weighted by molar-refractivity contribution is 6.32. The number of fused-ring (bicyclic) bond motifs is 1. The number of carboxylic acid groups (broad SMARTS) is 1. The van der Waals surface area contributed by atoms with Gasteiger partial charge in [-0.2, -0.15) is 0 Å². The highest BCUT2D eigenvalue weighted by atomic mass is 35.5. The molecule has 0 saturated carbocycles. The average molecular weight is 276 g/mol. The molecule has 0 aliphatic carbocycles. The SMILES string of the molecule is NC(CCC(=O)O)c1cc2c(c(Cl)c1F)OCO2. The number of halogens is 2. The lowest BCUT2D eigenvalue weighted by molar-refractivity contribution is -0.137. The average Bonchev–Trinajstić information content (AvgIpc) is 2.79. The van der Waals surface area contributed by atoms with Crippen LogP contribution in [-0.4, -0.2) is 17.9 Å². The first-order valence-corrected chi connectivity index (χ1v) is 5.63. The van der Waals surface area contributed by atoms with Crippen molar-refractivity contribution in [3.05, 3.63) is 22.5 Å². The lowest BCUT2D eigenvalue weighted by Crippen LogP contribution is -2.14. The minimum atomic E-state index is -0.988. The molecule has 0 fully saturated rings. The van der Waals surface area contributed by atoms with Crippen molar-refractivity contribution < 1.29 is 23.8 Å². The summed E-state index contributed by atoms with van der Waals surface area (Å²) in [5.41, 5.74) is 5.88. The Bertz CT molecular complexity index is 494. The molecule has 0 saturated heterocycles. The monoisotopic (exact) mass is 275 g/mol. The van der Waals surface area contributed by atoms with Crippen LogP contribution in [0.3, 0.4) is 0 Å². The Balaban J connectivity index is 2.28. The summed E-state index contributed by atoms with van der Waals surface area (Å²) in [5.74, 6) is -1.21. The van der Waals surface area contributed by atoms with Crippen molar-refractivity contribution in [1.82, 2.24) is 0 Å². The van der Waals surface area contributed by atoms with Crippen molar-refractivity contribution in [1.29, 1.82) is 0 Å². The van der Waals surface area contributed by atoms with Crippen LogP contribution in [0.1, 0.15) is 24.4 Å². The predicted octanol–water partition coefficient (Wildman–Crippen LogP) is 2.07. The van der Waals surface area contributed by atoms with Crippen molar-refractivity contribution in [3.8, 4) is 11.5 Å². The van der Waals surface area contributed by atoms with E-state index in [2.05, 4.69) is 0 Å². The summed E-state index contributed by atoms with van der Waals surface area (Å²) in [5, 5.41) is 8.38. The number of carbonyl (C=O) groups is 1. The van der Waals surface area contributed by atoms with Gasteiger partial charge in [0.25, 0.3) is 0 Å². The molecule has 0 radical (unpaired) electrons. The lowest BCUT2D eigenvalue weighted by atomic mass is 10.0. The van der Waals surface area contributed by atoms with Crippen molar-refractivity contribution in [3.63, 3.8) is 0 Å². The molecule has 0 aromatic heterocycles. The van der Waals surface area contributed by atoms with Gasteiger partial charge in [-0.15, -0.1) is 0 Å². The fraction of sp³-hybridized carbons (Fsp3) is 0.364. The minimum Gasteiger partial charge on any atom is -0.481 e. The zero-order valence-electron chi connectivity index (χ0n) is 9.28. The van der Waals surface area contributed by atoms with E-state index in [-0.39, 0.29) is 36.0 Å². The molecule has 2 rings (SSSR count). The van der Waals surface area contributed by atoms with E-state index in [4.69, 9.17) is 31.9 Å². The Morgan fingerprint density at radius 1 is 1.61 bits per heavy atom. The van der Waals surface area contributed by atoms with Crippen LogP contribution >= 0.6 is 11.6 Å². The summed E-state index contributed by atoms with van der Waals surface area (Å²) in [6.07, 6.45) is -0.0328. The smallest absolute Gasteiger partial charge is 0.303 e. The molecule has 1 atom stereocenters. The molecule has 1 aliphatic heterocycles. The Morgan fingerprint density at radius 2 is 2.33 bits per heavy atom. The Labute approximate surface area is 107 Å². The fourth-order valence-corrected chi connectivity index (χ4v) is 1.96. The number of rotatable bonds is 4. The highest BCUT2D eigenvalue weighted by Crippen LogP contribution is 2.43. The summed E-state index contributed by atoms with van der Waals surface area (Å²) in [7, 11) is 0. The molecule has 5 nitrogen and oxygen atoms in total. The molecule has 1 aliphatic rings. The largest absolute Gasteiger partial charge is 0.481 e. The Hall–Kier alpha value is -1.53. The van der Waals surface area contributed by atoms with Crippen LogP contribution in [0.15, 0.2) is 6.07 Å². The van der Waals surface area contributed by atoms with E-state index in [0.717, 1.165) is 0 Å². The van der Waals surface area contributed by atoms with Gasteiger partial charge >= 0.3 is 5.97 Å². The molecule has 3 N–H and O–H groups in total. The summed E-state index contributed by atoms with van der Waals surface area (Å²) in [4.78, 5) is 10.5. The van der Waals surface area contributed by atoms with E-state index in [1.54, 1.807) is 0 Å². The highest BCUT2D eigenvalue weighted by Gasteiger charge is 2.26. The maximum absolute atomic E-state index is 13.9. The summed E-state index contributed by atoms with van der Waals surface area (Å²) < 4.78 is 24.1. The molecule has 7 heteroatoms. The van der Waals surface area contributed by atoms with Crippen LogP contribution < -0.4 is 15.2 Å². The van der Waals surface area contributed by atoms with Gasteiger partial charge in [0.1, 0.15) is 5.02 Å². The van der Waals surface area contributed by atoms with Crippen LogP contribution in [0.4, 0.5) is 4.39 Å². The van der Waals surface area contributed by atoms with E-state index >= 15 is 0 Å². The van der Waals surface area contributed by atoms with E-state index < -0.39 is 17.8 Å². The molecule has 1 aromatic rings. The first kappa shape index (κ1) is 12.9. The van der Waals surface area contributed by atoms with Crippen LogP contribution in [0.25, 0.3) is 0 Å². The van der Waals surface area contributed by atoms with Crippen molar-refractivity contribution in [2.24, 2.45) is 5.73 Å². The quantitative estimate of drug-likeness (QED) is 0.879. The van der Waals surface area contributed by atoms with Crippen LogP contribution in [0.2, 0.25) is 5.02 Å². The van der Waals surface area contributed by atoms with E-state index in [1.807, 2.05) is 0 Å². The van der Waals surface area contributed by atoms with E-state index in [9.17, 15) is 9.18 Å². The first-order chi connectivity index (χ1) is 8.50. The van der Waals surface area contributed by atoms with Gasteiger partial charge in [-0.3, -0.25) is 4.79 Å². The van der Waals surface area contributed by atoms with Crippen molar-refractivity contribution >= 4 is 17.6 Å². The topological polar surface area (TPSA) is 81.8 Å². The predicted molar refractivity (Wildman–Crippen MR) is 61.3 cm³/mol. The molecule has 0 amide bonds. The van der Waals surface area contributed by atoms with E-state index in [1.165, 1.54) is 6.07 Å². The number of hydrogen-bond donors (Lipinski definition) is 2. The molecular formula is C11H11ClFNO4. The Kier molecular flexibility index (Phi) is 3.58. The van der Waals surface area contributed by atoms with Gasteiger partial charge in [-0.05, 0) is 12.5 Å². The second-order valence-corrected chi connectivity index (χ2v) is 4.24. The second kappa shape index (κ2) is 4.99. The minimum absolute atomic E-state index is 0.0255. The summed E-state index contributed by atoms with van der Waals surface area (Å²) in [6, 6.07) is 0.642. The van der Waals surface area contributed by atoms with Crippen molar-refractivity contribution in [2.45, 2.75) is 18.9 Å². The maximum Gasteiger partial charge on any atom is 0.303 e. The maximum atomic E-state index is 13.9. The molecule has 98 valence electrons. The number of benzene rings is 1. The molecule has 1 unspecified atom stereocenters. The Morgan fingerprint density at radius 3 is 3.00 bits per heavy atom. The van der Waals surface area contributed by atoms with Gasteiger partial charge in [0.2, 0.25) is 6.79 Å². The van der Waals surface area contributed by atoms with Crippen LogP contribution in [0, 0.1) is 5.82 Å².